The second-order valence-corrected chi connectivity index (χ2v) is 8.98. The Labute approximate surface area is 211 Å². The van der Waals surface area contributed by atoms with E-state index in [9.17, 15) is 9.59 Å². The van der Waals surface area contributed by atoms with Crippen LogP contribution in [0.25, 0.3) is 0 Å². The molecule has 0 saturated carbocycles. The summed E-state index contributed by atoms with van der Waals surface area (Å²) in [5, 5.41) is 0. The van der Waals surface area contributed by atoms with Gasteiger partial charge in [0.1, 0.15) is 0 Å². The minimum Gasteiger partial charge on any atom is -0.465 e. The molecule has 35 heavy (non-hydrogen) atoms. The number of anilines is 2. The van der Waals surface area contributed by atoms with Crippen molar-refractivity contribution in [3.8, 4) is 0 Å². The zero-order valence-corrected chi connectivity index (χ0v) is 21.9. The standard InChI is InChI=1S/C29H42N2O4/c1-5-35-29(33)25-16-20-27(21-17-25)31(3)23-13-11-9-7-6-8-10-12-22-30(2)26-18-14-24(15-19-26)28(32)34-4/h14-21H,5-13,22-23H2,1-4H3. The van der Waals surface area contributed by atoms with Crippen LogP contribution in [-0.4, -0.2) is 52.8 Å². The molecule has 0 atom stereocenters. The Bertz CT molecular complexity index is 881. The highest BCUT2D eigenvalue weighted by Gasteiger charge is 2.08. The molecule has 0 spiro atoms. The Hall–Kier alpha value is -3.02. The van der Waals surface area contributed by atoms with Gasteiger partial charge in [0.15, 0.2) is 0 Å². The number of rotatable bonds is 16. The predicted molar refractivity (Wildman–Crippen MR) is 144 cm³/mol. The summed E-state index contributed by atoms with van der Waals surface area (Å²) in [5.74, 6) is -0.561. The molecule has 0 heterocycles. The molecule has 2 aromatic carbocycles. The van der Waals surface area contributed by atoms with E-state index in [-0.39, 0.29) is 11.9 Å². The Kier molecular flexibility index (Phi) is 12.7. The van der Waals surface area contributed by atoms with Gasteiger partial charge < -0.3 is 19.3 Å². The van der Waals surface area contributed by atoms with E-state index >= 15 is 0 Å². The Morgan fingerprint density at radius 1 is 0.629 bits per heavy atom. The van der Waals surface area contributed by atoms with Crippen LogP contribution in [-0.2, 0) is 9.47 Å². The number of hydrogen-bond donors (Lipinski definition) is 0. The van der Waals surface area contributed by atoms with Crippen LogP contribution in [0, 0.1) is 0 Å². The molecule has 0 radical (unpaired) electrons. The third-order valence-electron chi connectivity index (χ3n) is 6.29. The lowest BCUT2D eigenvalue weighted by Gasteiger charge is -2.19. The Morgan fingerprint density at radius 3 is 1.37 bits per heavy atom. The number of ether oxygens (including phenoxy) is 2. The summed E-state index contributed by atoms with van der Waals surface area (Å²) in [6.07, 6.45) is 9.99. The van der Waals surface area contributed by atoms with Crippen molar-refractivity contribution in [2.45, 2.75) is 58.3 Å². The minimum atomic E-state index is -0.298. The molecule has 0 saturated heterocycles. The number of hydrogen-bond acceptors (Lipinski definition) is 6. The summed E-state index contributed by atoms with van der Waals surface area (Å²) in [6.45, 7) is 4.25. The van der Waals surface area contributed by atoms with Gasteiger partial charge in [-0.05, 0) is 68.3 Å². The van der Waals surface area contributed by atoms with Gasteiger partial charge >= 0.3 is 11.9 Å². The fraction of sp³-hybridized carbons (Fsp3) is 0.517. The normalized spacial score (nSPS) is 10.6. The van der Waals surface area contributed by atoms with Crippen LogP contribution in [0.5, 0.6) is 0 Å². The smallest absolute Gasteiger partial charge is 0.338 e. The molecule has 192 valence electrons. The first kappa shape index (κ1) is 28.2. The maximum atomic E-state index is 11.8. The highest BCUT2D eigenvalue weighted by atomic mass is 16.5. The van der Waals surface area contributed by atoms with Crippen LogP contribution in [0.1, 0.15) is 79.0 Å². The van der Waals surface area contributed by atoms with Crippen LogP contribution in [0.4, 0.5) is 11.4 Å². The minimum absolute atomic E-state index is 0.263. The van der Waals surface area contributed by atoms with Gasteiger partial charge in [0.05, 0.1) is 24.8 Å². The molecule has 0 aliphatic carbocycles. The number of nitrogens with zero attached hydrogens (tertiary/aromatic N) is 2. The van der Waals surface area contributed by atoms with Crippen molar-refractivity contribution in [1.29, 1.82) is 0 Å². The van der Waals surface area contributed by atoms with Crippen LogP contribution >= 0.6 is 0 Å². The fourth-order valence-corrected chi connectivity index (χ4v) is 4.05. The van der Waals surface area contributed by atoms with Crippen LogP contribution in [0.3, 0.4) is 0 Å². The summed E-state index contributed by atoms with van der Waals surface area (Å²) in [5.41, 5.74) is 3.44. The number of esters is 2. The number of benzene rings is 2. The van der Waals surface area contributed by atoms with Gasteiger partial charge in [-0.2, -0.15) is 0 Å². The van der Waals surface area contributed by atoms with E-state index < -0.39 is 0 Å². The van der Waals surface area contributed by atoms with Crippen molar-refractivity contribution >= 4 is 23.3 Å². The zero-order valence-electron chi connectivity index (χ0n) is 21.9. The molecule has 6 heteroatoms. The van der Waals surface area contributed by atoms with Crippen molar-refractivity contribution in [3.63, 3.8) is 0 Å². The lowest BCUT2D eigenvalue weighted by Crippen LogP contribution is -2.18. The lowest BCUT2D eigenvalue weighted by atomic mass is 10.1. The molecule has 0 aliphatic heterocycles. The summed E-state index contributed by atoms with van der Waals surface area (Å²) < 4.78 is 9.78. The summed E-state index contributed by atoms with van der Waals surface area (Å²) in [6, 6.07) is 15.2. The van der Waals surface area contributed by atoms with E-state index in [0.717, 1.165) is 24.5 Å². The first-order valence-corrected chi connectivity index (χ1v) is 12.8. The molecular formula is C29H42N2O4. The first-order chi connectivity index (χ1) is 17.0. The SMILES string of the molecule is CCOC(=O)c1ccc(N(C)CCCCCCCCCCN(C)c2ccc(C(=O)OC)cc2)cc1. The van der Waals surface area contributed by atoms with E-state index in [1.807, 2.05) is 55.5 Å². The van der Waals surface area contributed by atoms with Gasteiger partial charge in [-0.3, -0.25) is 0 Å². The molecule has 2 rings (SSSR count). The molecule has 2 aromatic rings. The monoisotopic (exact) mass is 482 g/mol. The number of unbranched alkanes of at least 4 members (excludes halogenated alkanes) is 7. The molecule has 6 nitrogen and oxygen atoms in total. The van der Waals surface area contributed by atoms with E-state index in [2.05, 4.69) is 23.9 Å². The highest BCUT2D eigenvalue weighted by Crippen LogP contribution is 2.17. The topological polar surface area (TPSA) is 59.1 Å². The van der Waals surface area contributed by atoms with Crippen molar-refractivity contribution in [1.82, 2.24) is 0 Å². The molecule has 0 unspecified atom stereocenters. The maximum absolute atomic E-state index is 11.8. The number of methoxy groups -OCH3 is 1. The third kappa shape index (κ3) is 10.0. The average molecular weight is 483 g/mol. The second-order valence-electron chi connectivity index (χ2n) is 8.98. The molecule has 0 amide bonds. The molecular weight excluding hydrogens is 440 g/mol. The first-order valence-electron chi connectivity index (χ1n) is 12.8. The van der Waals surface area contributed by atoms with E-state index in [0.29, 0.717) is 17.7 Å². The fourth-order valence-electron chi connectivity index (χ4n) is 4.05. The summed E-state index contributed by atoms with van der Waals surface area (Å²) >= 11 is 0. The van der Waals surface area contributed by atoms with Crippen molar-refractivity contribution in [2.75, 3.05) is 50.7 Å². The van der Waals surface area contributed by atoms with Crippen LogP contribution in [0.2, 0.25) is 0 Å². The van der Waals surface area contributed by atoms with Gasteiger partial charge in [-0.15, -0.1) is 0 Å². The highest BCUT2D eigenvalue weighted by molar-refractivity contribution is 5.90. The van der Waals surface area contributed by atoms with Crippen LogP contribution < -0.4 is 9.80 Å². The summed E-state index contributed by atoms with van der Waals surface area (Å²) in [4.78, 5) is 27.8. The van der Waals surface area contributed by atoms with Crippen molar-refractivity contribution in [2.24, 2.45) is 0 Å². The zero-order chi connectivity index (χ0) is 25.5. The van der Waals surface area contributed by atoms with E-state index in [1.165, 1.54) is 58.5 Å². The number of carbonyl (C=O) groups is 2. The van der Waals surface area contributed by atoms with Gasteiger partial charge in [-0.1, -0.05) is 38.5 Å². The Balaban J connectivity index is 1.50. The lowest BCUT2D eigenvalue weighted by molar-refractivity contribution is 0.0525. The number of carbonyl (C=O) groups excluding carboxylic acids is 2. The van der Waals surface area contributed by atoms with Crippen LogP contribution in [0.15, 0.2) is 48.5 Å². The molecule has 0 aromatic heterocycles. The Morgan fingerprint density at radius 2 is 1.00 bits per heavy atom. The third-order valence-corrected chi connectivity index (χ3v) is 6.29. The predicted octanol–water partition coefficient (Wildman–Crippen LogP) is 6.34. The van der Waals surface area contributed by atoms with Gasteiger partial charge in [0.2, 0.25) is 0 Å². The van der Waals surface area contributed by atoms with Gasteiger partial charge in [0.25, 0.3) is 0 Å². The quantitative estimate of drug-likeness (QED) is 0.205. The molecule has 0 N–H and O–H groups in total. The second kappa shape index (κ2) is 15.8. The average Bonchev–Trinajstić information content (AvgIpc) is 2.89. The van der Waals surface area contributed by atoms with Gasteiger partial charge in [-0.25, -0.2) is 9.59 Å². The molecule has 0 bridgehead atoms. The van der Waals surface area contributed by atoms with E-state index in [4.69, 9.17) is 9.47 Å². The molecule has 0 fully saturated rings. The summed E-state index contributed by atoms with van der Waals surface area (Å²) in [7, 11) is 5.60. The van der Waals surface area contributed by atoms with Gasteiger partial charge in [0, 0.05) is 38.6 Å². The van der Waals surface area contributed by atoms with E-state index in [1.54, 1.807) is 0 Å². The van der Waals surface area contributed by atoms with Crippen molar-refractivity contribution < 1.29 is 19.1 Å². The van der Waals surface area contributed by atoms with Crippen molar-refractivity contribution in [3.05, 3.63) is 59.7 Å². The maximum Gasteiger partial charge on any atom is 0.338 e. The molecule has 0 aliphatic rings. The largest absolute Gasteiger partial charge is 0.465 e.